The average molecular weight is 290 g/mol. The molecule has 0 aliphatic heterocycles. The highest BCUT2D eigenvalue weighted by atomic mass is 15.2. The first kappa shape index (κ1) is 12.7. The fourth-order valence-corrected chi connectivity index (χ4v) is 2.64. The molecule has 0 saturated carbocycles. The minimum absolute atomic E-state index is 0.396. The molecule has 0 radical (unpaired) electrons. The minimum atomic E-state index is 0.396. The normalized spacial score (nSPS) is 11.3. The van der Waals surface area contributed by atoms with Crippen LogP contribution in [-0.4, -0.2) is 24.5 Å². The van der Waals surface area contributed by atoms with E-state index in [1.165, 1.54) is 6.33 Å². The number of benzene rings is 1. The van der Waals surface area contributed by atoms with Crippen molar-refractivity contribution in [3.63, 3.8) is 0 Å². The van der Waals surface area contributed by atoms with E-state index in [1.54, 1.807) is 0 Å². The van der Waals surface area contributed by atoms with Crippen LogP contribution in [0.2, 0.25) is 0 Å². The molecule has 0 aliphatic carbocycles. The molecule has 6 nitrogen and oxygen atoms in total. The number of nitrogens with two attached hydrogens (primary N) is 1. The topological polar surface area (TPSA) is 82.5 Å². The number of para-hydroxylation sites is 1. The maximum atomic E-state index is 5.92. The number of aryl methyl sites for hydroxylation is 1. The van der Waals surface area contributed by atoms with Crippen molar-refractivity contribution in [3.05, 3.63) is 48.7 Å². The van der Waals surface area contributed by atoms with E-state index in [9.17, 15) is 0 Å². The molecule has 0 unspecified atom stereocenters. The molecule has 3 aromatic heterocycles. The SMILES string of the molecule is CCc1nc2c(N)ncnc2n1-c1cnc2ccccc2c1. The van der Waals surface area contributed by atoms with Crippen LogP contribution in [0.15, 0.2) is 42.9 Å². The third-order valence-electron chi connectivity index (χ3n) is 3.69. The Hall–Kier alpha value is -3.02. The Labute approximate surface area is 126 Å². The van der Waals surface area contributed by atoms with Gasteiger partial charge < -0.3 is 5.73 Å². The van der Waals surface area contributed by atoms with Crippen LogP contribution < -0.4 is 5.73 Å². The second kappa shape index (κ2) is 4.77. The molecule has 4 rings (SSSR count). The lowest BCUT2D eigenvalue weighted by molar-refractivity contribution is 0.898. The van der Waals surface area contributed by atoms with E-state index >= 15 is 0 Å². The van der Waals surface area contributed by atoms with Crippen LogP contribution in [0.4, 0.5) is 5.82 Å². The largest absolute Gasteiger partial charge is 0.382 e. The van der Waals surface area contributed by atoms with E-state index in [0.29, 0.717) is 17.0 Å². The Morgan fingerprint density at radius 1 is 1.14 bits per heavy atom. The molecular formula is C16H14N6. The highest BCUT2D eigenvalue weighted by Crippen LogP contribution is 2.24. The first-order valence-corrected chi connectivity index (χ1v) is 7.11. The van der Waals surface area contributed by atoms with Crippen LogP contribution in [0.3, 0.4) is 0 Å². The van der Waals surface area contributed by atoms with Gasteiger partial charge in [0, 0.05) is 11.8 Å². The van der Waals surface area contributed by atoms with Crippen molar-refractivity contribution in [1.29, 1.82) is 0 Å². The first-order chi connectivity index (χ1) is 10.8. The molecule has 0 bridgehead atoms. The molecule has 1 aromatic carbocycles. The van der Waals surface area contributed by atoms with Crippen molar-refractivity contribution >= 4 is 27.9 Å². The van der Waals surface area contributed by atoms with Crippen molar-refractivity contribution in [1.82, 2.24) is 24.5 Å². The molecule has 22 heavy (non-hydrogen) atoms. The Bertz CT molecular complexity index is 988. The zero-order valence-electron chi connectivity index (χ0n) is 12.1. The average Bonchev–Trinajstić information content (AvgIpc) is 2.94. The second-order valence-electron chi connectivity index (χ2n) is 5.03. The zero-order valence-corrected chi connectivity index (χ0v) is 12.1. The highest BCUT2D eigenvalue weighted by Gasteiger charge is 2.15. The third kappa shape index (κ3) is 1.81. The fourth-order valence-electron chi connectivity index (χ4n) is 2.64. The second-order valence-corrected chi connectivity index (χ2v) is 5.03. The number of anilines is 1. The van der Waals surface area contributed by atoms with E-state index in [4.69, 9.17) is 5.73 Å². The lowest BCUT2D eigenvalue weighted by Crippen LogP contribution is -2.02. The fraction of sp³-hybridized carbons (Fsp3) is 0.125. The zero-order chi connectivity index (χ0) is 15.1. The van der Waals surface area contributed by atoms with Crippen LogP contribution in [0.5, 0.6) is 0 Å². The van der Waals surface area contributed by atoms with E-state index < -0.39 is 0 Å². The van der Waals surface area contributed by atoms with Gasteiger partial charge in [-0.2, -0.15) is 0 Å². The van der Waals surface area contributed by atoms with Crippen molar-refractivity contribution in [2.75, 3.05) is 5.73 Å². The molecule has 6 heteroatoms. The van der Waals surface area contributed by atoms with E-state index in [2.05, 4.69) is 32.9 Å². The summed E-state index contributed by atoms with van der Waals surface area (Å²) in [6.07, 6.45) is 4.06. The third-order valence-corrected chi connectivity index (χ3v) is 3.69. The number of hydrogen-bond donors (Lipinski definition) is 1. The van der Waals surface area contributed by atoms with Gasteiger partial charge in [0.05, 0.1) is 17.4 Å². The summed E-state index contributed by atoms with van der Waals surface area (Å²) in [5, 5.41) is 1.07. The summed E-state index contributed by atoms with van der Waals surface area (Å²) in [7, 11) is 0. The molecule has 4 aromatic rings. The summed E-state index contributed by atoms with van der Waals surface area (Å²) in [5.74, 6) is 1.28. The minimum Gasteiger partial charge on any atom is -0.382 e. The summed E-state index contributed by atoms with van der Waals surface area (Å²) in [6, 6.07) is 10.1. The maximum Gasteiger partial charge on any atom is 0.170 e. The van der Waals surface area contributed by atoms with Gasteiger partial charge in [0.2, 0.25) is 0 Å². The molecule has 3 heterocycles. The molecule has 0 fully saturated rings. The number of hydrogen-bond acceptors (Lipinski definition) is 5. The van der Waals surface area contributed by atoms with E-state index in [-0.39, 0.29) is 0 Å². The van der Waals surface area contributed by atoms with E-state index in [1.807, 2.05) is 35.0 Å². The van der Waals surface area contributed by atoms with Crippen LogP contribution in [0.25, 0.3) is 27.8 Å². The molecule has 108 valence electrons. The Morgan fingerprint density at radius 3 is 2.86 bits per heavy atom. The molecule has 0 saturated heterocycles. The number of fused-ring (bicyclic) bond motifs is 2. The standard InChI is InChI=1S/C16H14N6/c1-2-13-21-14-15(17)19-9-20-16(14)22(13)11-7-10-5-3-4-6-12(10)18-8-11/h3-9H,2H2,1H3,(H2,17,19,20). The lowest BCUT2D eigenvalue weighted by atomic mass is 10.2. The Morgan fingerprint density at radius 2 is 2.00 bits per heavy atom. The van der Waals surface area contributed by atoms with Crippen LogP contribution >= 0.6 is 0 Å². The van der Waals surface area contributed by atoms with Crippen LogP contribution in [0.1, 0.15) is 12.7 Å². The van der Waals surface area contributed by atoms with Gasteiger partial charge >= 0.3 is 0 Å². The molecule has 0 aliphatic rings. The van der Waals surface area contributed by atoms with Gasteiger partial charge in [0.25, 0.3) is 0 Å². The van der Waals surface area contributed by atoms with Crippen molar-refractivity contribution < 1.29 is 0 Å². The predicted octanol–water partition coefficient (Wildman–Crippen LogP) is 2.51. The van der Waals surface area contributed by atoms with Gasteiger partial charge in [0.15, 0.2) is 17.0 Å². The van der Waals surface area contributed by atoms with Crippen LogP contribution in [-0.2, 0) is 6.42 Å². The number of imidazole rings is 1. The van der Waals surface area contributed by atoms with Crippen molar-refractivity contribution in [2.45, 2.75) is 13.3 Å². The smallest absolute Gasteiger partial charge is 0.170 e. The van der Waals surface area contributed by atoms with Crippen molar-refractivity contribution in [3.8, 4) is 5.69 Å². The Balaban J connectivity index is 2.04. The molecule has 0 atom stereocenters. The van der Waals surface area contributed by atoms with Gasteiger partial charge in [-0.05, 0) is 12.1 Å². The number of rotatable bonds is 2. The Kier molecular flexibility index (Phi) is 2.75. The summed E-state index contributed by atoms with van der Waals surface area (Å²) in [4.78, 5) is 17.5. The summed E-state index contributed by atoms with van der Waals surface area (Å²) in [5.41, 5.74) is 9.15. The summed E-state index contributed by atoms with van der Waals surface area (Å²) < 4.78 is 1.99. The van der Waals surface area contributed by atoms with E-state index in [0.717, 1.165) is 28.8 Å². The monoisotopic (exact) mass is 290 g/mol. The van der Waals surface area contributed by atoms with Crippen LogP contribution in [0, 0.1) is 0 Å². The van der Waals surface area contributed by atoms with Gasteiger partial charge in [-0.15, -0.1) is 0 Å². The van der Waals surface area contributed by atoms with Gasteiger partial charge in [-0.3, -0.25) is 9.55 Å². The highest BCUT2D eigenvalue weighted by molar-refractivity contribution is 5.85. The number of nitrogen functional groups attached to an aromatic ring is 1. The van der Waals surface area contributed by atoms with Gasteiger partial charge in [0.1, 0.15) is 12.2 Å². The molecule has 2 N–H and O–H groups in total. The van der Waals surface area contributed by atoms with Crippen molar-refractivity contribution in [2.24, 2.45) is 0 Å². The quantitative estimate of drug-likeness (QED) is 0.613. The summed E-state index contributed by atoms with van der Waals surface area (Å²) >= 11 is 0. The summed E-state index contributed by atoms with van der Waals surface area (Å²) in [6.45, 7) is 2.05. The number of nitrogens with zero attached hydrogens (tertiary/aromatic N) is 5. The molecular weight excluding hydrogens is 276 g/mol. The first-order valence-electron chi connectivity index (χ1n) is 7.11. The maximum absolute atomic E-state index is 5.92. The van der Waals surface area contributed by atoms with Gasteiger partial charge in [-0.1, -0.05) is 25.1 Å². The predicted molar refractivity (Wildman–Crippen MR) is 85.8 cm³/mol. The lowest BCUT2D eigenvalue weighted by Gasteiger charge is -2.08. The molecule has 0 amide bonds. The number of pyridine rings is 1. The number of aromatic nitrogens is 5. The molecule has 0 spiro atoms. The van der Waals surface area contributed by atoms with Gasteiger partial charge in [-0.25, -0.2) is 15.0 Å².